The molecule has 0 aliphatic carbocycles. The van der Waals surface area contributed by atoms with Crippen LogP contribution in [0.1, 0.15) is 10.4 Å². The molecule has 5 nitrogen and oxygen atoms in total. The van der Waals surface area contributed by atoms with Crippen molar-refractivity contribution in [1.82, 2.24) is 9.97 Å². The molecular formula is C20H21N5S. The Balaban J connectivity index is 0.000000167. The van der Waals surface area contributed by atoms with Crippen LogP contribution in [0.15, 0.2) is 60.8 Å². The lowest BCUT2D eigenvalue weighted by atomic mass is 10.2. The smallest absolute Gasteiger partial charge is 0.221 e. The van der Waals surface area contributed by atoms with E-state index in [0.717, 1.165) is 16.9 Å². The minimum Gasteiger partial charge on any atom is -0.399 e. The van der Waals surface area contributed by atoms with Crippen molar-refractivity contribution in [2.75, 3.05) is 16.8 Å². The molecule has 0 saturated carbocycles. The largest absolute Gasteiger partial charge is 0.399 e. The van der Waals surface area contributed by atoms with Crippen molar-refractivity contribution < 1.29 is 0 Å². The SMILES string of the molecule is Cc1cc(Nc2ccnc(N)n2)ccc1N.Cc1cc2ccccc2s1. The van der Waals surface area contributed by atoms with Gasteiger partial charge in [-0.15, -0.1) is 11.3 Å². The summed E-state index contributed by atoms with van der Waals surface area (Å²) in [5.41, 5.74) is 13.9. The molecule has 0 aliphatic heterocycles. The van der Waals surface area contributed by atoms with Crippen LogP contribution >= 0.6 is 11.3 Å². The molecule has 0 saturated heterocycles. The van der Waals surface area contributed by atoms with E-state index in [4.69, 9.17) is 11.5 Å². The number of thiophene rings is 1. The van der Waals surface area contributed by atoms with Gasteiger partial charge in [0.1, 0.15) is 5.82 Å². The normalized spacial score (nSPS) is 10.2. The molecule has 132 valence electrons. The van der Waals surface area contributed by atoms with Gasteiger partial charge in [0.2, 0.25) is 5.95 Å². The number of aromatic nitrogens is 2. The van der Waals surface area contributed by atoms with Gasteiger partial charge in [-0.25, -0.2) is 4.98 Å². The van der Waals surface area contributed by atoms with E-state index in [1.807, 2.05) is 36.5 Å². The van der Waals surface area contributed by atoms with Crippen LogP contribution in [0, 0.1) is 13.8 Å². The maximum atomic E-state index is 5.73. The zero-order valence-electron chi connectivity index (χ0n) is 14.7. The number of nitrogens with two attached hydrogens (primary N) is 2. The minimum absolute atomic E-state index is 0.247. The van der Waals surface area contributed by atoms with Crippen LogP contribution in [0.3, 0.4) is 0 Å². The Hall–Kier alpha value is -3.12. The molecule has 0 spiro atoms. The molecule has 5 N–H and O–H groups in total. The van der Waals surface area contributed by atoms with E-state index in [0.29, 0.717) is 5.82 Å². The molecule has 4 aromatic rings. The fraction of sp³-hybridized carbons (Fsp3) is 0.100. The van der Waals surface area contributed by atoms with E-state index < -0.39 is 0 Å². The Bertz CT molecular complexity index is 993. The van der Waals surface area contributed by atoms with Crippen LogP contribution in [0.2, 0.25) is 0 Å². The fourth-order valence-electron chi connectivity index (χ4n) is 2.46. The maximum Gasteiger partial charge on any atom is 0.221 e. The topological polar surface area (TPSA) is 89.8 Å². The van der Waals surface area contributed by atoms with Gasteiger partial charge in [0.05, 0.1) is 0 Å². The summed E-state index contributed by atoms with van der Waals surface area (Å²) in [4.78, 5) is 9.25. The van der Waals surface area contributed by atoms with Crippen molar-refractivity contribution >= 4 is 44.6 Å². The standard InChI is InChI=1S/C11H13N5.C9H8S/c1-7-6-8(2-3-9(7)12)15-10-4-5-14-11(13)16-10;1-7-6-8-4-2-3-5-9(8)10-7/h2-6H,12H2,1H3,(H3,13,14,15,16);2-6H,1H3. The second-order valence-electron chi connectivity index (χ2n) is 5.89. The van der Waals surface area contributed by atoms with E-state index in [1.165, 1.54) is 15.0 Å². The first-order chi connectivity index (χ1) is 12.5. The summed E-state index contributed by atoms with van der Waals surface area (Å²) in [5.74, 6) is 0.911. The van der Waals surface area contributed by atoms with Crippen molar-refractivity contribution in [3.8, 4) is 0 Å². The number of fused-ring (bicyclic) bond motifs is 1. The van der Waals surface area contributed by atoms with Crippen molar-refractivity contribution in [2.45, 2.75) is 13.8 Å². The highest BCUT2D eigenvalue weighted by molar-refractivity contribution is 7.19. The Morgan fingerprint density at radius 1 is 0.962 bits per heavy atom. The number of hydrogen-bond acceptors (Lipinski definition) is 6. The van der Waals surface area contributed by atoms with E-state index in [-0.39, 0.29) is 5.95 Å². The molecule has 26 heavy (non-hydrogen) atoms. The molecule has 0 bridgehead atoms. The first-order valence-electron chi connectivity index (χ1n) is 8.18. The van der Waals surface area contributed by atoms with Gasteiger partial charge < -0.3 is 16.8 Å². The third kappa shape index (κ3) is 4.49. The summed E-state index contributed by atoms with van der Waals surface area (Å²) in [5, 5.41) is 4.49. The van der Waals surface area contributed by atoms with E-state index in [1.54, 1.807) is 12.3 Å². The Kier molecular flexibility index (Phi) is 5.34. The van der Waals surface area contributed by atoms with Crippen LogP contribution in [0.5, 0.6) is 0 Å². The van der Waals surface area contributed by atoms with E-state index >= 15 is 0 Å². The highest BCUT2D eigenvalue weighted by atomic mass is 32.1. The zero-order valence-corrected chi connectivity index (χ0v) is 15.5. The fourth-order valence-corrected chi connectivity index (χ4v) is 3.38. The van der Waals surface area contributed by atoms with Crippen molar-refractivity contribution in [3.63, 3.8) is 0 Å². The van der Waals surface area contributed by atoms with Crippen LogP contribution in [0.25, 0.3) is 10.1 Å². The Morgan fingerprint density at radius 2 is 1.77 bits per heavy atom. The highest BCUT2D eigenvalue weighted by Crippen LogP contribution is 2.23. The third-order valence-electron chi connectivity index (χ3n) is 3.77. The molecular weight excluding hydrogens is 342 g/mol. The van der Waals surface area contributed by atoms with Crippen LogP contribution < -0.4 is 16.8 Å². The predicted octanol–water partition coefficient (Wildman–Crippen LogP) is 4.90. The molecule has 0 unspecified atom stereocenters. The summed E-state index contributed by atoms with van der Waals surface area (Å²) in [6.45, 7) is 4.10. The van der Waals surface area contributed by atoms with Gasteiger partial charge in [0.25, 0.3) is 0 Å². The highest BCUT2D eigenvalue weighted by Gasteiger charge is 1.99. The Labute approximate surface area is 156 Å². The molecule has 2 aromatic heterocycles. The van der Waals surface area contributed by atoms with Crippen LogP contribution in [0.4, 0.5) is 23.1 Å². The lowest BCUT2D eigenvalue weighted by Gasteiger charge is -2.07. The number of aryl methyl sites for hydroxylation is 2. The van der Waals surface area contributed by atoms with Crippen LogP contribution in [-0.4, -0.2) is 9.97 Å². The maximum absolute atomic E-state index is 5.73. The van der Waals surface area contributed by atoms with E-state index in [2.05, 4.69) is 52.5 Å². The quantitative estimate of drug-likeness (QED) is 0.441. The number of rotatable bonds is 2. The summed E-state index contributed by atoms with van der Waals surface area (Å²) in [7, 11) is 0. The van der Waals surface area contributed by atoms with Crippen molar-refractivity contribution in [2.24, 2.45) is 0 Å². The summed E-state index contributed by atoms with van der Waals surface area (Å²) in [6.07, 6.45) is 1.61. The van der Waals surface area contributed by atoms with Gasteiger partial charge in [-0.1, -0.05) is 18.2 Å². The monoisotopic (exact) mass is 363 g/mol. The Morgan fingerprint density at radius 3 is 2.50 bits per heavy atom. The second kappa shape index (κ2) is 7.84. The molecule has 0 fully saturated rings. The van der Waals surface area contributed by atoms with Crippen LogP contribution in [-0.2, 0) is 0 Å². The van der Waals surface area contributed by atoms with Gasteiger partial charge >= 0.3 is 0 Å². The molecule has 0 aliphatic rings. The number of anilines is 4. The summed E-state index contributed by atoms with van der Waals surface area (Å²) >= 11 is 1.85. The lowest BCUT2D eigenvalue weighted by Crippen LogP contribution is -1.99. The minimum atomic E-state index is 0.247. The predicted molar refractivity (Wildman–Crippen MR) is 112 cm³/mol. The van der Waals surface area contributed by atoms with E-state index in [9.17, 15) is 0 Å². The number of nitrogen functional groups attached to an aromatic ring is 2. The summed E-state index contributed by atoms with van der Waals surface area (Å²) in [6, 6.07) is 18.1. The lowest BCUT2D eigenvalue weighted by molar-refractivity contribution is 1.18. The van der Waals surface area contributed by atoms with Gasteiger partial charge in [0.15, 0.2) is 0 Å². The molecule has 0 atom stereocenters. The third-order valence-corrected chi connectivity index (χ3v) is 4.80. The molecule has 4 rings (SSSR count). The average molecular weight is 363 g/mol. The first-order valence-corrected chi connectivity index (χ1v) is 9.00. The molecule has 2 aromatic carbocycles. The number of hydrogen-bond donors (Lipinski definition) is 3. The second-order valence-corrected chi connectivity index (χ2v) is 7.18. The van der Waals surface area contributed by atoms with Crippen molar-refractivity contribution in [3.05, 3.63) is 71.2 Å². The van der Waals surface area contributed by atoms with Gasteiger partial charge in [-0.3, -0.25) is 0 Å². The molecule has 2 heterocycles. The number of nitrogens with zero attached hydrogens (tertiary/aromatic N) is 2. The summed E-state index contributed by atoms with van der Waals surface area (Å²) < 4.78 is 1.39. The molecule has 0 amide bonds. The molecule has 6 heteroatoms. The number of nitrogens with one attached hydrogen (secondary N) is 1. The molecule has 0 radical (unpaired) electrons. The number of benzene rings is 2. The van der Waals surface area contributed by atoms with Gasteiger partial charge in [0, 0.05) is 27.1 Å². The van der Waals surface area contributed by atoms with Gasteiger partial charge in [-0.05, 0) is 61.2 Å². The van der Waals surface area contributed by atoms with Gasteiger partial charge in [-0.2, -0.15) is 4.98 Å². The first kappa shape index (κ1) is 17.7. The van der Waals surface area contributed by atoms with Crippen molar-refractivity contribution in [1.29, 1.82) is 0 Å². The average Bonchev–Trinajstić information content (AvgIpc) is 2.99. The zero-order chi connectivity index (χ0) is 18.5.